The summed E-state index contributed by atoms with van der Waals surface area (Å²) in [6, 6.07) is 0. The third-order valence-electron chi connectivity index (χ3n) is 1.58. The maximum atomic E-state index is 4.17. The minimum absolute atomic E-state index is 0.958. The Balaban J connectivity index is 2.96. The van der Waals surface area contributed by atoms with E-state index in [-0.39, 0.29) is 0 Å². The second-order valence-electron chi connectivity index (χ2n) is 2.34. The van der Waals surface area contributed by atoms with Crippen LogP contribution in [0.5, 0.6) is 0 Å². The fourth-order valence-corrected chi connectivity index (χ4v) is 1.89. The van der Waals surface area contributed by atoms with Gasteiger partial charge in [0.25, 0.3) is 0 Å². The van der Waals surface area contributed by atoms with Crippen molar-refractivity contribution in [1.82, 2.24) is 14.5 Å². The van der Waals surface area contributed by atoms with Crippen molar-refractivity contribution in [2.75, 3.05) is 0 Å². The molecule has 0 spiro atoms. The highest BCUT2D eigenvalue weighted by Crippen LogP contribution is 2.16. The summed E-state index contributed by atoms with van der Waals surface area (Å²) in [4.78, 5) is 8.22. The van der Waals surface area contributed by atoms with Crippen LogP contribution in [0.3, 0.4) is 0 Å². The first kappa shape index (κ1) is 7.02. The number of aromatic nitrogens is 3. The summed E-state index contributed by atoms with van der Waals surface area (Å²) in [5, 5.41) is 0. The highest BCUT2D eigenvalue weighted by atomic mass is 127. The predicted octanol–water partition coefficient (Wildman–Crippen LogP) is 1.57. The highest BCUT2D eigenvalue weighted by Gasteiger charge is 2.02. The van der Waals surface area contributed by atoms with E-state index in [2.05, 4.69) is 32.6 Å². The second kappa shape index (κ2) is 2.44. The Bertz CT molecular complexity index is 393. The van der Waals surface area contributed by atoms with Crippen LogP contribution >= 0.6 is 22.6 Å². The van der Waals surface area contributed by atoms with E-state index in [1.54, 1.807) is 12.5 Å². The van der Waals surface area contributed by atoms with Crippen LogP contribution in [0.25, 0.3) is 11.0 Å². The van der Waals surface area contributed by atoms with Crippen molar-refractivity contribution in [3.63, 3.8) is 0 Å². The Morgan fingerprint density at radius 1 is 1.45 bits per heavy atom. The Hall–Kier alpha value is -0.650. The maximum Gasteiger partial charge on any atom is 0.108 e. The molecule has 0 amide bonds. The average Bonchev–Trinajstić information content (AvgIpc) is 2.34. The first-order valence-corrected chi connectivity index (χ1v) is 4.27. The van der Waals surface area contributed by atoms with Gasteiger partial charge in [0.15, 0.2) is 0 Å². The van der Waals surface area contributed by atoms with Gasteiger partial charge in [-0.3, -0.25) is 4.98 Å². The Kier molecular flexibility index (Phi) is 1.56. The fraction of sp³-hybridized carbons (Fsp3) is 0.143. The van der Waals surface area contributed by atoms with Gasteiger partial charge < -0.3 is 4.57 Å². The zero-order valence-electron chi connectivity index (χ0n) is 5.95. The number of hydrogen-bond donors (Lipinski definition) is 0. The lowest BCUT2D eigenvalue weighted by Crippen LogP contribution is -1.87. The SMILES string of the molecule is Cn1cnc2cncc(I)c21. The number of nitrogens with zero attached hydrogens (tertiary/aromatic N) is 3. The molecule has 0 fully saturated rings. The van der Waals surface area contributed by atoms with Crippen molar-refractivity contribution < 1.29 is 0 Å². The molecule has 0 radical (unpaired) electrons. The molecular formula is C7H6IN3. The molecule has 0 aliphatic heterocycles. The molecule has 0 bridgehead atoms. The molecule has 0 atom stereocenters. The molecule has 0 saturated carbocycles. The van der Waals surface area contributed by atoms with E-state index >= 15 is 0 Å². The van der Waals surface area contributed by atoms with E-state index in [1.165, 1.54) is 0 Å². The summed E-state index contributed by atoms with van der Waals surface area (Å²) < 4.78 is 3.14. The summed E-state index contributed by atoms with van der Waals surface area (Å²) in [7, 11) is 1.98. The zero-order chi connectivity index (χ0) is 7.84. The summed E-state index contributed by atoms with van der Waals surface area (Å²) in [6.45, 7) is 0. The van der Waals surface area contributed by atoms with Gasteiger partial charge in [0.05, 0.1) is 21.6 Å². The highest BCUT2D eigenvalue weighted by molar-refractivity contribution is 14.1. The van der Waals surface area contributed by atoms with Crippen LogP contribution in [0.4, 0.5) is 0 Å². The number of pyridine rings is 1. The largest absolute Gasteiger partial charge is 0.333 e. The third-order valence-corrected chi connectivity index (χ3v) is 2.37. The molecule has 2 heterocycles. The predicted molar refractivity (Wildman–Crippen MR) is 51.2 cm³/mol. The molecule has 0 N–H and O–H groups in total. The normalized spacial score (nSPS) is 10.7. The van der Waals surface area contributed by atoms with Crippen molar-refractivity contribution in [3.05, 3.63) is 22.3 Å². The van der Waals surface area contributed by atoms with Crippen LogP contribution in [-0.2, 0) is 7.05 Å². The van der Waals surface area contributed by atoms with E-state index in [1.807, 2.05) is 17.8 Å². The second-order valence-corrected chi connectivity index (χ2v) is 3.51. The van der Waals surface area contributed by atoms with Crippen molar-refractivity contribution in [2.45, 2.75) is 0 Å². The van der Waals surface area contributed by atoms with Gasteiger partial charge in [0.2, 0.25) is 0 Å². The lowest BCUT2D eigenvalue weighted by molar-refractivity contribution is 0.945. The average molecular weight is 259 g/mol. The molecule has 0 aromatic carbocycles. The monoisotopic (exact) mass is 259 g/mol. The molecule has 0 unspecified atom stereocenters. The van der Waals surface area contributed by atoms with Crippen LogP contribution in [0.1, 0.15) is 0 Å². The molecule has 2 rings (SSSR count). The standard InChI is InChI=1S/C7H6IN3/c1-11-4-10-6-3-9-2-5(8)7(6)11/h2-4H,1H3. The van der Waals surface area contributed by atoms with E-state index in [4.69, 9.17) is 0 Å². The van der Waals surface area contributed by atoms with Gasteiger partial charge in [-0.1, -0.05) is 0 Å². The molecule has 3 nitrogen and oxygen atoms in total. The molecule has 0 aliphatic carbocycles. The number of imidazole rings is 1. The summed E-state index contributed by atoms with van der Waals surface area (Å²) in [5.41, 5.74) is 2.11. The molecular weight excluding hydrogens is 253 g/mol. The van der Waals surface area contributed by atoms with Gasteiger partial charge >= 0.3 is 0 Å². The molecule has 11 heavy (non-hydrogen) atoms. The van der Waals surface area contributed by atoms with Crippen molar-refractivity contribution in [2.24, 2.45) is 7.05 Å². The third kappa shape index (κ3) is 1.01. The van der Waals surface area contributed by atoms with Crippen LogP contribution in [0, 0.1) is 3.57 Å². The summed E-state index contributed by atoms with van der Waals surface area (Å²) in [5.74, 6) is 0. The van der Waals surface area contributed by atoms with E-state index in [9.17, 15) is 0 Å². The van der Waals surface area contributed by atoms with Crippen molar-refractivity contribution >= 4 is 33.6 Å². The minimum atomic E-state index is 0.958. The number of hydrogen-bond acceptors (Lipinski definition) is 2. The van der Waals surface area contributed by atoms with Gasteiger partial charge in [-0.05, 0) is 22.6 Å². The number of halogens is 1. The van der Waals surface area contributed by atoms with Crippen molar-refractivity contribution in [1.29, 1.82) is 0 Å². The first-order valence-electron chi connectivity index (χ1n) is 3.19. The molecule has 0 saturated heterocycles. The number of fused-ring (bicyclic) bond motifs is 1. The molecule has 0 aliphatic rings. The lowest BCUT2D eigenvalue weighted by atomic mass is 10.4. The van der Waals surface area contributed by atoms with E-state index < -0.39 is 0 Å². The maximum absolute atomic E-state index is 4.17. The smallest absolute Gasteiger partial charge is 0.108 e. The van der Waals surface area contributed by atoms with Crippen LogP contribution in [-0.4, -0.2) is 14.5 Å². The zero-order valence-corrected chi connectivity index (χ0v) is 8.11. The Morgan fingerprint density at radius 2 is 2.27 bits per heavy atom. The van der Waals surface area contributed by atoms with Gasteiger partial charge in [0.1, 0.15) is 5.52 Å². The van der Waals surface area contributed by atoms with Crippen LogP contribution in [0.15, 0.2) is 18.7 Å². The molecule has 2 aromatic heterocycles. The van der Waals surface area contributed by atoms with Crippen molar-refractivity contribution in [3.8, 4) is 0 Å². The summed E-state index contributed by atoms with van der Waals surface area (Å²) in [6.07, 6.45) is 5.41. The first-order chi connectivity index (χ1) is 5.29. The number of rotatable bonds is 0. The Labute approximate surface area is 77.6 Å². The van der Waals surface area contributed by atoms with Crippen LogP contribution in [0.2, 0.25) is 0 Å². The molecule has 2 aromatic rings. The number of aryl methyl sites for hydroxylation is 1. The Morgan fingerprint density at radius 3 is 3.00 bits per heavy atom. The molecule has 4 heteroatoms. The summed E-state index contributed by atoms with van der Waals surface area (Å²) >= 11 is 2.26. The lowest BCUT2D eigenvalue weighted by Gasteiger charge is -1.94. The van der Waals surface area contributed by atoms with Gasteiger partial charge in [-0.2, -0.15) is 0 Å². The van der Waals surface area contributed by atoms with Gasteiger partial charge in [-0.15, -0.1) is 0 Å². The van der Waals surface area contributed by atoms with E-state index in [0.29, 0.717) is 0 Å². The molecule has 56 valence electrons. The van der Waals surface area contributed by atoms with Gasteiger partial charge in [0, 0.05) is 13.2 Å². The van der Waals surface area contributed by atoms with E-state index in [0.717, 1.165) is 14.6 Å². The van der Waals surface area contributed by atoms with Gasteiger partial charge in [-0.25, -0.2) is 4.98 Å². The fourth-order valence-electron chi connectivity index (χ4n) is 1.07. The minimum Gasteiger partial charge on any atom is -0.333 e. The quantitative estimate of drug-likeness (QED) is 0.672. The topological polar surface area (TPSA) is 30.7 Å². The van der Waals surface area contributed by atoms with Crippen LogP contribution < -0.4 is 0 Å².